The predicted molar refractivity (Wildman–Crippen MR) is 240 cm³/mol. The van der Waals surface area contributed by atoms with E-state index in [1.807, 2.05) is 11.3 Å². The molecule has 2 heteroatoms. The summed E-state index contributed by atoms with van der Waals surface area (Å²) in [7, 11) is 0. The van der Waals surface area contributed by atoms with Gasteiger partial charge in [-0.1, -0.05) is 155 Å². The molecule has 56 heavy (non-hydrogen) atoms. The van der Waals surface area contributed by atoms with E-state index in [1.54, 1.807) is 0 Å². The van der Waals surface area contributed by atoms with Crippen molar-refractivity contribution in [2.24, 2.45) is 0 Å². The minimum absolute atomic E-state index is 0.0387. The van der Waals surface area contributed by atoms with Gasteiger partial charge in [0.25, 0.3) is 0 Å². The van der Waals surface area contributed by atoms with E-state index in [1.165, 1.54) is 92.6 Å². The van der Waals surface area contributed by atoms with Crippen molar-refractivity contribution in [3.8, 4) is 44.5 Å². The highest BCUT2D eigenvalue weighted by Crippen LogP contribution is 2.55. The average molecular weight is 736 g/mol. The molecule has 0 N–H and O–H groups in total. The summed E-state index contributed by atoms with van der Waals surface area (Å²) in [5, 5.41) is 2.65. The minimum Gasteiger partial charge on any atom is -0.310 e. The second kappa shape index (κ2) is 12.1. The fraction of sp³-hybridized carbons (Fsp3) is 0.111. The van der Waals surface area contributed by atoms with Crippen molar-refractivity contribution in [1.29, 1.82) is 0 Å². The van der Waals surface area contributed by atoms with Crippen LogP contribution >= 0.6 is 11.3 Å². The lowest BCUT2D eigenvalue weighted by molar-refractivity contribution is 0.660. The first-order chi connectivity index (χ1) is 27.3. The van der Waals surface area contributed by atoms with Gasteiger partial charge in [-0.15, -0.1) is 11.3 Å². The second-order valence-electron chi connectivity index (χ2n) is 16.5. The Morgan fingerprint density at radius 3 is 1.80 bits per heavy atom. The second-order valence-corrected chi connectivity index (χ2v) is 17.6. The molecule has 0 amide bonds. The van der Waals surface area contributed by atoms with Crippen LogP contribution in [0.3, 0.4) is 0 Å². The van der Waals surface area contributed by atoms with Gasteiger partial charge in [0, 0.05) is 47.9 Å². The lowest BCUT2D eigenvalue weighted by Gasteiger charge is -2.29. The van der Waals surface area contributed by atoms with Crippen molar-refractivity contribution in [2.45, 2.75) is 38.5 Å². The van der Waals surface area contributed by atoms with Crippen LogP contribution in [-0.4, -0.2) is 0 Å². The van der Waals surface area contributed by atoms with Crippen LogP contribution < -0.4 is 4.90 Å². The fourth-order valence-electron chi connectivity index (χ4n) is 9.77. The summed E-state index contributed by atoms with van der Waals surface area (Å²) in [4.78, 5) is 2.48. The van der Waals surface area contributed by atoms with Gasteiger partial charge in [0.2, 0.25) is 0 Å². The van der Waals surface area contributed by atoms with E-state index < -0.39 is 0 Å². The van der Waals surface area contributed by atoms with Crippen molar-refractivity contribution < 1.29 is 0 Å². The normalized spacial score (nSPS) is 14.4. The molecule has 9 aromatic rings. The highest BCUT2D eigenvalue weighted by Gasteiger charge is 2.38. The van der Waals surface area contributed by atoms with Crippen LogP contribution in [0.5, 0.6) is 0 Å². The Morgan fingerprint density at radius 2 is 0.964 bits per heavy atom. The summed E-state index contributed by atoms with van der Waals surface area (Å²) in [6.07, 6.45) is 0. The Hall–Kier alpha value is -6.22. The maximum atomic E-state index is 2.48. The summed E-state index contributed by atoms with van der Waals surface area (Å²) in [5.74, 6) is 0. The molecule has 11 rings (SSSR count). The highest BCUT2D eigenvalue weighted by atomic mass is 32.1. The zero-order chi connectivity index (χ0) is 37.8. The molecular formula is C54H41NS. The van der Waals surface area contributed by atoms with Gasteiger partial charge in [0.15, 0.2) is 0 Å². The first-order valence-electron chi connectivity index (χ1n) is 19.7. The molecule has 8 aromatic carbocycles. The molecule has 0 aliphatic heterocycles. The van der Waals surface area contributed by atoms with Crippen molar-refractivity contribution >= 4 is 48.6 Å². The molecule has 1 nitrogen and oxygen atoms in total. The van der Waals surface area contributed by atoms with Crippen LogP contribution in [0.15, 0.2) is 176 Å². The fourth-order valence-corrected chi connectivity index (χ4v) is 10.9. The zero-order valence-electron chi connectivity index (χ0n) is 32.1. The number of fused-ring (bicyclic) bond motifs is 9. The molecule has 0 bridgehead atoms. The van der Waals surface area contributed by atoms with E-state index in [0.29, 0.717) is 0 Å². The van der Waals surface area contributed by atoms with E-state index in [2.05, 4.69) is 209 Å². The lowest BCUT2D eigenvalue weighted by atomic mass is 9.81. The van der Waals surface area contributed by atoms with Gasteiger partial charge in [-0.05, 0) is 110 Å². The van der Waals surface area contributed by atoms with Crippen LogP contribution in [-0.2, 0) is 10.8 Å². The van der Waals surface area contributed by atoms with Gasteiger partial charge < -0.3 is 4.90 Å². The lowest BCUT2D eigenvalue weighted by Crippen LogP contribution is -2.16. The van der Waals surface area contributed by atoms with Crippen molar-refractivity contribution in [1.82, 2.24) is 0 Å². The third kappa shape index (κ3) is 4.85. The summed E-state index contributed by atoms with van der Waals surface area (Å²) < 4.78 is 2.65. The van der Waals surface area contributed by atoms with E-state index >= 15 is 0 Å². The minimum atomic E-state index is -0.0972. The molecule has 268 valence electrons. The quantitative estimate of drug-likeness (QED) is 0.170. The molecule has 1 heterocycles. The summed E-state index contributed by atoms with van der Waals surface area (Å²) in [5.41, 5.74) is 19.1. The van der Waals surface area contributed by atoms with E-state index in [9.17, 15) is 0 Å². The smallest absolute Gasteiger partial charge is 0.0543 e. The van der Waals surface area contributed by atoms with Gasteiger partial charge in [-0.25, -0.2) is 0 Å². The van der Waals surface area contributed by atoms with Crippen LogP contribution in [0, 0.1) is 0 Å². The predicted octanol–water partition coefficient (Wildman–Crippen LogP) is 15.5. The number of nitrogens with zero attached hydrogens (tertiary/aromatic N) is 1. The first-order valence-corrected chi connectivity index (χ1v) is 20.5. The molecule has 0 radical (unpaired) electrons. The number of hydrogen-bond acceptors (Lipinski definition) is 2. The molecule has 2 aliphatic rings. The average Bonchev–Trinajstić information content (AvgIpc) is 3.81. The molecule has 0 saturated heterocycles. The molecule has 0 fully saturated rings. The van der Waals surface area contributed by atoms with Crippen LogP contribution in [0.1, 0.15) is 49.9 Å². The standard InChI is InChI=1S/C54H41NS/c1-53(2)46-19-9-6-17-44(46)52-47(53)20-12-21-49(52)55(39-14-11-13-35(31-39)37-26-30-43-42-16-7-10-22-50(42)56-51(43)33-37)38-27-23-34(24-28-38)36-25-29-41-40-15-5-8-18-45(40)54(3,4)48(41)32-36/h5-33H,1-4H3. The number of rotatable bonds is 5. The first kappa shape index (κ1) is 33.1. The number of benzene rings is 8. The number of hydrogen-bond donors (Lipinski definition) is 0. The van der Waals surface area contributed by atoms with Crippen LogP contribution in [0.4, 0.5) is 17.1 Å². The maximum absolute atomic E-state index is 2.48. The van der Waals surface area contributed by atoms with Crippen molar-refractivity contribution in [2.75, 3.05) is 4.90 Å². The largest absolute Gasteiger partial charge is 0.310 e. The number of thiophene rings is 1. The highest BCUT2D eigenvalue weighted by molar-refractivity contribution is 7.25. The van der Waals surface area contributed by atoms with Gasteiger partial charge in [-0.3, -0.25) is 0 Å². The van der Waals surface area contributed by atoms with Crippen molar-refractivity contribution in [3.63, 3.8) is 0 Å². The van der Waals surface area contributed by atoms with Crippen LogP contribution in [0.25, 0.3) is 64.7 Å². The van der Waals surface area contributed by atoms with Gasteiger partial charge in [-0.2, -0.15) is 0 Å². The Morgan fingerprint density at radius 1 is 0.375 bits per heavy atom. The molecule has 0 saturated carbocycles. The monoisotopic (exact) mass is 735 g/mol. The van der Waals surface area contributed by atoms with E-state index in [-0.39, 0.29) is 10.8 Å². The Kier molecular flexibility index (Phi) is 7.18. The summed E-state index contributed by atoms with van der Waals surface area (Å²) in [6, 6.07) is 65.8. The number of anilines is 3. The van der Waals surface area contributed by atoms with Gasteiger partial charge in [0.05, 0.1) is 5.69 Å². The molecule has 0 atom stereocenters. The molecule has 2 aliphatic carbocycles. The van der Waals surface area contributed by atoms with Gasteiger partial charge in [0.1, 0.15) is 0 Å². The third-order valence-electron chi connectivity index (χ3n) is 12.7. The van der Waals surface area contributed by atoms with Gasteiger partial charge >= 0.3 is 0 Å². The Bertz CT molecular complexity index is 3030. The Balaban J connectivity index is 1.05. The topological polar surface area (TPSA) is 3.24 Å². The molecular weight excluding hydrogens is 695 g/mol. The van der Waals surface area contributed by atoms with E-state index in [0.717, 1.165) is 11.4 Å². The Labute approximate surface area is 333 Å². The SMILES string of the molecule is CC1(C)c2ccccc2-c2ccc(-c3ccc(N(c4cccc(-c5ccc6c(c5)sc5ccccc56)c4)c4cccc5c4-c4ccccc4C5(C)C)cc3)cc21. The van der Waals surface area contributed by atoms with E-state index in [4.69, 9.17) is 0 Å². The summed E-state index contributed by atoms with van der Waals surface area (Å²) >= 11 is 1.87. The maximum Gasteiger partial charge on any atom is 0.0543 e. The zero-order valence-corrected chi connectivity index (χ0v) is 32.9. The molecule has 0 unspecified atom stereocenters. The third-order valence-corrected chi connectivity index (χ3v) is 13.8. The van der Waals surface area contributed by atoms with Crippen molar-refractivity contribution in [3.05, 3.63) is 198 Å². The van der Waals surface area contributed by atoms with Crippen LogP contribution in [0.2, 0.25) is 0 Å². The summed E-state index contributed by atoms with van der Waals surface area (Å²) in [6.45, 7) is 9.44. The molecule has 1 aromatic heterocycles. The molecule has 0 spiro atoms.